The van der Waals surface area contributed by atoms with Gasteiger partial charge in [-0.3, -0.25) is 0 Å². The molecule has 0 amide bonds. The first kappa shape index (κ1) is 9.51. The molecule has 2 aliphatic rings. The minimum Gasteiger partial charge on any atom is -0.393 e. The van der Waals surface area contributed by atoms with E-state index in [-0.39, 0.29) is 6.10 Å². The second-order valence-corrected chi connectivity index (χ2v) is 5.55. The smallest absolute Gasteiger partial charge is 0.0568 e. The maximum atomic E-state index is 9.90. The van der Waals surface area contributed by atoms with Crippen molar-refractivity contribution in [3.05, 3.63) is 0 Å². The van der Waals surface area contributed by atoms with Crippen LogP contribution in [0, 0.1) is 17.3 Å². The molecule has 2 rings (SSSR count). The van der Waals surface area contributed by atoms with Crippen LogP contribution in [0.5, 0.6) is 0 Å². The monoisotopic (exact) mass is 182 g/mol. The maximum absolute atomic E-state index is 9.90. The lowest BCUT2D eigenvalue weighted by molar-refractivity contribution is -0.0534. The topological polar surface area (TPSA) is 20.2 Å². The maximum Gasteiger partial charge on any atom is 0.0568 e. The molecule has 2 saturated carbocycles. The molecule has 13 heavy (non-hydrogen) atoms. The van der Waals surface area contributed by atoms with Crippen LogP contribution in [-0.4, -0.2) is 11.2 Å². The van der Waals surface area contributed by atoms with Crippen LogP contribution in [0.2, 0.25) is 0 Å². The number of aliphatic hydroxyl groups excluding tert-OH is 1. The minimum atomic E-state index is -0.0851. The lowest BCUT2D eigenvalue weighted by atomic mass is 9.57. The Balaban J connectivity index is 2.15. The van der Waals surface area contributed by atoms with E-state index in [2.05, 4.69) is 6.92 Å². The molecular weight excluding hydrogens is 160 g/mol. The van der Waals surface area contributed by atoms with E-state index < -0.39 is 0 Å². The number of hydrogen-bond acceptors (Lipinski definition) is 1. The van der Waals surface area contributed by atoms with E-state index in [0.29, 0.717) is 5.41 Å². The lowest BCUT2D eigenvalue weighted by Gasteiger charge is -2.49. The van der Waals surface area contributed by atoms with Crippen molar-refractivity contribution in [2.75, 3.05) is 0 Å². The van der Waals surface area contributed by atoms with Crippen molar-refractivity contribution in [3.8, 4) is 0 Å². The molecule has 2 aliphatic carbocycles. The molecule has 0 aliphatic heterocycles. The SMILES string of the molecule is CC1CC2CCCC(C(C)O)(C1)C2. The number of fused-ring (bicyclic) bond motifs is 2. The van der Waals surface area contributed by atoms with Crippen LogP contribution in [0.15, 0.2) is 0 Å². The van der Waals surface area contributed by atoms with E-state index in [4.69, 9.17) is 0 Å². The van der Waals surface area contributed by atoms with E-state index in [9.17, 15) is 5.11 Å². The Hall–Kier alpha value is -0.0400. The first-order valence-corrected chi connectivity index (χ1v) is 5.80. The fourth-order valence-corrected chi connectivity index (χ4v) is 3.80. The molecule has 2 bridgehead atoms. The molecule has 0 aromatic heterocycles. The van der Waals surface area contributed by atoms with Crippen LogP contribution in [0.4, 0.5) is 0 Å². The Labute approximate surface area is 81.5 Å². The second-order valence-electron chi connectivity index (χ2n) is 5.55. The van der Waals surface area contributed by atoms with E-state index in [0.717, 1.165) is 11.8 Å². The van der Waals surface area contributed by atoms with Crippen LogP contribution < -0.4 is 0 Å². The van der Waals surface area contributed by atoms with Crippen molar-refractivity contribution in [1.29, 1.82) is 0 Å². The molecular formula is C12H22O. The average Bonchev–Trinajstić information content (AvgIpc) is 2.02. The van der Waals surface area contributed by atoms with E-state index >= 15 is 0 Å². The molecule has 0 radical (unpaired) electrons. The molecule has 0 spiro atoms. The summed E-state index contributed by atoms with van der Waals surface area (Å²) in [5, 5.41) is 9.90. The van der Waals surface area contributed by atoms with E-state index in [1.165, 1.54) is 38.5 Å². The van der Waals surface area contributed by atoms with E-state index in [1.807, 2.05) is 6.92 Å². The van der Waals surface area contributed by atoms with Gasteiger partial charge < -0.3 is 5.11 Å². The van der Waals surface area contributed by atoms with Gasteiger partial charge in [-0.05, 0) is 49.9 Å². The normalized spacial score (nSPS) is 47.3. The third-order valence-corrected chi connectivity index (χ3v) is 4.36. The summed E-state index contributed by atoms with van der Waals surface area (Å²) in [6.45, 7) is 4.36. The van der Waals surface area contributed by atoms with Gasteiger partial charge in [0.05, 0.1) is 6.10 Å². The Kier molecular flexibility index (Phi) is 2.39. The Morgan fingerprint density at radius 2 is 2.15 bits per heavy atom. The van der Waals surface area contributed by atoms with Gasteiger partial charge in [-0.15, -0.1) is 0 Å². The summed E-state index contributed by atoms with van der Waals surface area (Å²) in [5.74, 6) is 1.76. The van der Waals surface area contributed by atoms with Gasteiger partial charge >= 0.3 is 0 Å². The summed E-state index contributed by atoms with van der Waals surface area (Å²) in [4.78, 5) is 0. The summed E-state index contributed by atoms with van der Waals surface area (Å²) in [7, 11) is 0. The highest BCUT2D eigenvalue weighted by Crippen LogP contribution is 2.52. The molecule has 4 atom stereocenters. The molecule has 1 nitrogen and oxygen atoms in total. The highest BCUT2D eigenvalue weighted by atomic mass is 16.3. The van der Waals surface area contributed by atoms with Gasteiger partial charge in [0, 0.05) is 0 Å². The van der Waals surface area contributed by atoms with Crippen LogP contribution in [0.3, 0.4) is 0 Å². The minimum absolute atomic E-state index is 0.0851. The number of hydrogen-bond donors (Lipinski definition) is 1. The Morgan fingerprint density at radius 1 is 1.38 bits per heavy atom. The van der Waals surface area contributed by atoms with Gasteiger partial charge in [-0.2, -0.15) is 0 Å². The lowest BCUT2D eigenvalue weighted by Crippen LogP contribution is -2.43. The predicted molar refractivity (Wildman–Crippen MR) is 54.5 cm³/mol. The standard InChI is InChI=1S/C12H22O/c1-9-6-11-4-3-5-12(7-9,8-11)10(2)13/h9-11,13H,3-8H2,1-2H3. The van der Waals surface area contributed by atoms with Gasteiger partial charge in [0.15, 0.2) is 0 Å². The highest BCUT2D eigenvalue weighted by molar-refractivity contribution is 4.95. The summed E-state index contributed by atoms with van der Waals surface area (Å²) in [6, 6.07) is 0. The predicted octanol–water partition coefficient (Wildman–Crippen LogP) is 2.97. The summed E-state index contributed by atoms with van der Waals surface area (Å²) < 4.78 is 0. The number of aliphatic hydroxyl groups is 1. The van der Waals surface area contributed by atoms with Gasteiger partial charge in [0.2, 0.25) is 0 Å². The van der Waals surface area contributed by atoms with Crippen molar-refractivity contribution in [3.63, 3.8) is 0 Å². The Morgan fingerprint density at radius 3 is 2.85 bits per heavy atom. The zero-order valence-electron chi connectivity index (χ0n) is 8.92. The van der Waals surface area contributed by atoms with Gasteiger partial charge in [-0.25, -0.2) is 0 Å². The van der Waals surface area contributed by atoms with Crippen LogP contribution in [-0.2, 0) is 0 Å². The third kappa shape index (κ3) is 1.63. The molecule has 2 fully saturated rings. The molecule has 4 unspecified atom stereocenters. The number of rotatable bonds is 1. The van der Waals surface area contributed by atoms with Gasteiger partial charge in [-0.1, -0.05) is 19.8 Å². The van der Waals surface area contributed by atoms with Crippen molar-refractivity contribution >= 4 is 0 Å². The van der Waals surface area contributed by atoms with Crippen LogP contribution >= 0.6 is 0 Å². The molecule has 0 aromatic carbocycles. The highest BCUT2D eigenvalue weighted by Gasteiger charge is 2.44. The fourth-order valence-electron chi connectivity index (χ4n) is 3.80. The quantitative estimate of drug-likeness (QED) is 0.661. The van der Waals surface area contributed by atoms with Gasteiger partial charge in [0.25, 0.3) is 0 Å². The van der Waals surface area contributed by atoms with Crippen LogP contribution in [0.1, 0.15) is 52.4 Å². The zero-order chi connectivity index (χ0) is 9.47. The first-order valence-electron chi connectivity index (χ1n) is 5.80. The van der Waals surface area contributed by atoms with Crippen LogP contribution in [0.25, 0.3) is 0 Å². The molecule has 76 valence electrons. The second kappa shape index (κ2) is 3.27. The van der Waals surface area contributed by atoms with Crippen molar-refractivity contribution in [2.45, 2.75) is 58.5 Å². The molecule has 0 aromatic rings. The Bertz CT molecular complexity index is 184. The molecule has 1 N–H and O–H groups in total. The van der Waals surface area contributed by atoms with Crippen molar-refractivity contribution in [2.24, 2.45) is 17.3 Å². The summed E-state index contributed by atoms with van der Waals surface area (Å²) >= 11 is 0. The molecule has 0 saturated heterocycles. The largest absolute Gasteiger partial charge is 0.393 e. The molecule has 0 heterocycles. The van der Waals surface area contributed by atoms with Gasteiger partial charge in [0.1, 0.15) is 0 Å². The summed E-state index contributed by atoms with van der Waals surface area (Å²) in [5.41, 5.74) is 0.306. The fraction of sp³-hybridized carbons (Fsp3) is 1.00. The first-order chi connectivity index (χ1) is 6.12. The summed E-state index contributed by atoms with van der Waals surface area (Å²) in [6.07, 6.45) is 7.93. The van der Waals surface area contributed by atoms with Crippen molar-refractivity contribution < 1.29 is 5.11 Å². The zero-order valence-corrected chi connectivity index (χ0v) is 8.92. The molecule has 1 heteroatoms. The average molecular weight is 182 g/mol. The van der Waals surface area contributed by atoms with E-state index in [1.54, 1.807) is 0 Å². The van der Waals surface area contributed by atoms with Crippen molar-refractivity contribution in [1.82, 2.24) is 0 Å². The third-order valence-electron chi connectivity index (χ3n) is 4.36.